The average Bonchev–Trinajstić information content (AvgIpc) is 2.26. The van der Waals surface area contributed by atoms with Gasteiger partial charge in [0.15, 0.2) is 0 Å². The van der Waals surface area contributed by atoms with E-state index in [9.17, 15) is 0 Å². The molecule has 0 fully saturated rings. The molecule has 1 heteroatoms. The molecule has 0 saturated carbocycles. The van der Waals surface area contributed by atoms with Crippen molar-refractivity contribution in [2.75, 3.05) is 0 Å². The normalized spacial score (nSPS) is 10.1. The fourth-order valence-electron chi connectivity index (χ4n) is 1.88. The summed E-state index contributed by atoms with van der Waals surface area (Å²) in [6.45, 7) is 0. The van der Waals surface area contributed by atoms with Crippen molar-refractivity contribution in [3.05, 3.63) is 60.7 Å². The highest BCUT2D eigenvalue weighted by molar-refractivity contribution is 5.98. The van der Waals surface area contributed by atoms with Gasteiger partial charge in [-0.25, -0.2) is 0 Å². The van der Waals surface area contributed by atoms with Crippen LogP contribution < -0.4 is 0 Å². The first-order valence-corrected chi connectivity index (χ1v) is 4.81. The molecule has 0 saturated heterocycles. The van der Waals surface area contributed by atoms with E-state index in [4.69, 9.17) is 0 Å². The summed E-state index contributed by atoms with van der Waals surface area (Å²) in [6, 6.07) is 21.4. The summed E-state index contributed by atoms with van der Waals surface area (Å²) >= 11 is 0. The van der Waals surface area contributed by atoms with Crippen molar-refractivity contribution in [2.24, 2.45) is 0 Å². The van der Waals surface area contributed by atoms with Gasteiger partial charge in [0.1, 0.15) is 0 Å². The lowest BCUT2D eigenvalue weighted by molar-refractivity contribution is 1.76. The van der Waals surface area contributed by atoms with Crippen LogP contribution in [0.15, 0.2) is 60.7 Å². The number of hydrogen-bond acceptors (Lipinski definition) is 0. The molecule has 0 heterocycles. The Morgan fingerprint density at radius 1 is 0.467 bits per heavy atom. The van der Waals surface area contributed by atoms with Crippen molar-refractivity contribution in [1.29, 1.82) is 0 Å². The summed E-state index contributed by atoms with van der Waals surface area (Å²) in [6.07, 6.45) is 0. The lowest BCUT2D eigenvalue weighted by Gasteiger charge is -2.00. The van der Waals surface area contributed by atoms with Crippen LogP contribution in [0, 0.1) is 0 Å². The molecule has 0 aliphatic heterocycles. The summed E-state index contributed by atoms with van der Waals surface area (Å²) in [4.78, 5) is 0. The Bertz CT molecular complexity index is 494. The minimum absolute atomic E-state index is 0. The zero-order chi connectivity index (χ0) is 9.38. The fraction of sp³-hybridized carbons (Fsp3) is 0. The van der Waals surface area contributed by atoms with Crippen molar-refractivity contribution in [3.8, 4) is 0 Å². The Hall–Kier alpha value is -1.60. The summed E-state index contributed by atoms with van der Waals surface area (Å²) in [5, 5.41) is 5.25. The van der Waals surface area contributed by atoms with Gasteiger partial charge < -0.3 is 0 Å². The third-order valence-corrected chi connectivity index (χ3v) is 2.61. The molecule has 0 bridgehead atoms. The van der Waals surface area contributed by atoms with Crippen molar-refractivity contribution in [2.45, 2.75) is 0 Å². The zero-order valence-corrected chi connectivity index (χ0v) is 7.77. The van der Waals surface area contributed by atoms with E-state index in [1.807, 2.05) is 0 Å². The highest BCUT2D eigenvalue weighted by Gasteiger charge is 1.95. The van der Waals surface area contributed by atoms with Crippen LogP contribution >= 0.6 is 0 Å². The fourth-order valence-corrected chi connectivity index (χ4v) is 1.88. The van der Waals surface area contributed by atoms with E-state index < -0.39 is 0 Å². The Balaban J connectivity index is 0.000000853. The highest BCUT2D eigenvalue weighted by Crippen LogP contribution is 2.21. The predicted molar refractivity (Wildman–Crippen MR) is 72.8 cm³/mol. The van der Waals surface area contributed by atoms with Gasteiger partial charge in [-0.1, -0.05) is 48.5 Å². The molecule has 0 aromatic heterocycles. The first-order valence-electron chi connectivity index (χ1n) is 4.81. The lowest BCUT2D eigenvalue weighted by Crippen LogP contribution is -1.74. The van der Waals surface area contributed by atoms with Gasteiger partial charge >= 0.3 is 0 Å². The molecule has 74 valence electrons. The van der Waals surface area contributed by atoms with E-state index in [-0.39, 0.29) is 11.0 Å². The van der Waals surface area contributed by atoms with Crippen LogP contribution in [0.4, 0.5) is 0 Å². The third kappa shape index (κ3) is 1.66. The van der Waals surface area contributed by atoms with Crippen LogP contribution in [0.5, 0.6) is 0 Å². The first-order chi connectivity index (χ1) is 6.93. The van der Waals surface area contributed by atoms with E-state index in [2.05, 4.69) is 60.7 Å². The van der Waals surface area contributed by atoms with Crippen molar-refractivity contribution in [1.82, 2.24) is 0 Å². The molecule has 0 radical (unpaired) electrons. The molecule has 3 aromatic rings. The zero-order valence-electron chi connectivity index (χ0n) is 7.77. The van der Waals surface area contributed by atoms with Crippen LogP contribution in [0.2, 0.25) is 0 Å². The topological polar surface area (TPSA) is 0 Å². The third-order valence-electron chi connectivity index (χ3n) is 2.61. The van der Waals surface area contributed by atoms with Crippen molar-refractivity contribution >= 4 is 32.5 Å². The summed E-state index contributed by atoms with van der Waals surface area (Å²) in [5.41, 5.74) is 0. The molecule has 3 rings (SSSR count). The van der Waals surface area contributed by atoms with Gasteiger partial charge in [0.2, 0.25) is 0 Å². The SMILES string of the molecule is [SiH4].c1ccc2cc3ccccc3cc2c1. The van der Waals surface area contributed by atoms with Crippen molar-refractivity contribution < 1.29 is 0 Å². The smallest absolute Gasteiger partial charge is 0.0149 e. The number of rotatable bonds is 0. The maximum absolute atomic E-state index is 2.24. The van der Waals surface area contributed by atoms with E-state index in [1.165, 1.54) is 21.5 Å². The maximum Gasteiger partial charge on any atom is -0.0149 e. The summed E-state index contributed by atoms with van der Waals surface area (Å²) in [5.74, 6) is 0. The van der Waals surface area contributed by atoms with E-state index in [0.717, 1.165) is 0 Å². The van der Waals surface area contributed by atoms with E-state index in [0.29, 0.717) is 0 Å². The molecule has 0 N–H and O–H groups in total. The van der Waals surface area contributed by atoms with Gasteiger partial charge in [-0.3, -0.25) is 0 Å². The first kappa shape index (κ1) is 9.93. The molecule has 0 aliphatic carbocycles. The molecule has 0 aliphatic rings. The summed E-state index contributed by atoms with van der Waals surface area (Å²) < 4.78 is 0. The summed E-state index contributed by atoms with van der Waals surface area (Å²) in [7, 11) is 0. The lowest BCUT2D eigenvalue weighted by atomic mass is 10.0. The minimum atomic E-state index is 0. The molecule has 0 spiro atoms. The molecule has 15 heavy (non-hydrogen) atoms. The monoisotopic (exact) mass is 210 g/mol. The second kappa shape index (κ2) is 3.87. The maximum atomic E-state index is 2.24. The van der Waals surface area contributed by atoms with Crippen molar-refractivity contribution in [3.63, 3.8) is 0 Å². The van der Waals surface area contributed by atoms with Gasteiger partial charge in [0.05, 0.1) is 0 Å². The Kier molecular flexibility index (Phi) is 2.56. The van der Waals surface area contributed by atoms with Crippen LogP contribution in [0.25, 0.3) is 21.5 Å². The second-order valence-corrected chi connectivity index (χ2v) is 3.55. The molecular weight excluding hydrogens is 196 g/mol. The molecule has 3 aromatic carbocycles. The molecule has 0 nitrogen and oxygen atoms in total. The average molecular weight is 210 g/mol. The second-order valence-electron chi connectivity index (χ2n) is 3.55. The van der Waals surface area contributed by atoms with Crippen LogP contribution in [0.3, 0.4) is 0 Å². The van der Waals surface area contributed by atoms with Gasteiger partial charge in [-0.2, -0.15) is 0 Å². The predicted octanol–water partition coefficient (Wildman–Crippen LogP) is 2.54. The van der Waals surface area contributed by atoms with E-state index >= 15 is 0 Å². The van der Waals surface area contributed by atoms with Gasteiger partial charge in [-0.15, -0.1) is 0 Å². The van der Waals surface area contributed by atoms with Crippen LogP contribution in [-0.4, -0.2) is 11.0 Å². The van der Waals surface area contributed by atoms with Gasteiger partial charge in [0, 0.05) is 0 Å². The van der Waals surface area contributed by atoms with Crippen LogP contribution in [0.1, 0.15) is 0 Å². The Morgan fingerprint density at radius 2 is 0.733 bits per heavy atom. The molecule has 0 amide bonds. The number of fused-ring (bicyclic) bond motifs is 2. The molecule has 0 unspecified atom stereocenters. The highest BCUT2D eigenvalue weighted by atomic mass is 28.1. The molecular formula is C14H14Si. The molecule has 0 atom stereocenters. The van der Waals surface area contributed by atoms with Gasteiger partial charge in [-0.05, 0) is 44.6 Å². The largest absolute Gasteiger partial charge is 0.0616 e. The van der Waals surface area contributed by atoms with E-state index in [1.54, 1.807) is 0 Å². The quantitative estimate of drug-likeness (QED) is 0.395. The Morgan fingerprint density at radius 3 is 1.00 bits per heavy atom. The van der Waals surface area contributed by atoms with Gasteiger partial charge in [0.25, 0.3) is 0 Å². The van der Waals surface area contributed by atoms with Crippen LogP contribution in [-0.2, 0) is 0 Å². The standard InChI is InChI=1S/C14H10.H4Si/c1-2-6-12-10-14-8-4-3-7-13(14)9-11(12)5-1;/h1-10H;1H4. The number of hydrogen-bond donors (Lipinski definition) is 0. The minimum Gasteiger partial charge on any atom is -0.0616 e. The number of benzene rings is 3. The Labute approximate surface area is 93.6 Å².